The third-order valence-corrected chi connectivity index (χ3v) is 6.59. The summed E-state index contributed by atoms with van der Waals surface area (Å²) in [7, 11) is 0. The number of hydrogen-bond acceptors (Lipinski definition) is 6. The molecule has 0 atom stereocenters. The fraction of sp³-hybridized carbons (Fsp3) is 0.222. The molecule has 12 heteroatoms. The molecule has 1 aliphatic rings. The summed E-state index contributed by atoms with van der Waals surface area (Å²) in [6.45, 7) is 2.72. The molecule has 3 aromatic carbocycles. The summed E-state index contributed by atoms with van der Waals surface area (Å²) in [4.78, 5) is 37.8. The molecule has 8 nitrogen and oxygen atoms in total. The third-order valence-electron chi connectivity index (χ3n) is 5.92. The number of halogens is 4. The van der Waals surface area contributed by atoms with E-state index in [4.69, 9.17) is 4.74 Å². The zero-order valence-electron chi connectivity index (χ0n) is 20.9. The van der Waals surface area contributed by atoms with E-state index in [0.29, 0.717) is 14.9 Å². The molecule has 1 aliphatic heterocycles. The summed E-state index contributed by atoms with van der Waals surface area (Å²) in [6, 6.07) is 13.0. The maximum absolute atomic E-state index is 14.8. The van der Waals surface area contributed by atoms with Crippen molar-refractivity contribution in [3.05, 3.63) is 81.2 Å². The van der Waals surface area contributed by atoms with Gasteiger partial charge in [0.1, 0.15) is 5.82 Å². The Hall–Kier alpha value is -3.81. The summed E-state index contributed by atoms with van der Waals surface area (Å²) in [6.07, 6.45) is 0. The number of amides is 2. The third kappa shape index (κ3) is 6.61. The number of nitrogens with zero attached hydrogens (tertiary/aromatic N) is 1. The number of esters is 1. The maximum atomic E-state index is 14.8. The van der Waals surface area contributed by atoms with Gasteiger partial charge in [0.25, 0.3) is 5.91 Å². The molecule has 1 heterocycles. The molecular formula is C27H24F3IN4O4. The van der Waals surface area contributed by atoms with E-state index in [2.05, 4.69) is 16.0 Å². The number of anilines is 4. The van der Waals surface area contributed by atoms with Crippen LogP contribution >= 0.6 is 22.6 Å². The summed E-state index contributed by atoms with van der Waals surface area (Å²) < 4.78 is 49.5. The molecule has 3 aromatic rings. The first-order valence-electron chi connectivity index (χ1n) is 11.8. The Labute approximate surface area is 236 Å². The first-order valence-corrected chi connectivity index (χ1v) is 12.8. The molecule has 0 unspecified atom stereocenters. The van der Waals surface area contributed by atoms with Crippen LogP contribution in [0.4, 0.5) is 35.9 Å². The van der Waals surface area contributed by atoms with Crippen LogP contribution in [0.15, 0.2) is 54.6 Å². The van der Waals surface area contributed by atoms with Gasteiger partial charge in [-0.3, -0.25) is 14.4 Å². The van der Waals surface area contributed by atoms with Gasteiger partial charge in [-0.1, -0.05) is 6.07 Å². The first kappa shape index (κ1) is 28.2. The molecule has 0 radical (unpaired) electrons. The number of likely N-dealkylation sites (tertiary alicyclic amines) is 1. The molecular weight excluding hydrogens is 628 g/mol. The van der Waals surface area contributed by atoms with E-state index in [1.54, 1.807) is 30.3 Å². The van der Waals surface area contributed by atoms with Crippen LogP contribution < -0.4 is 16.0 Å². The van der Waals surface area contributed by atoms with Crippen LogP contribution in [-0.2, 0) is 14.3 Å². The minimum Gasteiger partial charge on any atom is -0.454 e. The molecule has 0 saturated carbocycles. The van der Waals surface area contributed by atoms with Gasteiger partial charge in [0.2, 0.25) is 5.91 Å². The minimum absolute atomic E-state index is 0.0277. The van der Waals surface area contributed by atoms with Crippen molar-refractivity contribution in [3.63, 3.8) is 0 Å². The predicted molar refractivity (Wildman–Crippen MR) is 148 cm³/mol. The van der Waals surface area contributed by atoms with Gasteiger partial charge in [-0.15, -0.1) is 0 Å². The molecule has 3 N–H and O–H groups in total. The standard InChI is InChI=1S/C27H24F3IN4O4/c1-15(36)33-19-5-3-4-18(11-19)32-12-27(39-16(2)37)13-35(14-27)26(38)20-7-8-21(28)24(30)25(20)34-23-9-6-17(31)10-22(23)29/h3-11,32,34H,12-14H2,1-2H3,(H,33,36). The Bertz CT molecular complexity index is 1450. The smallest absolute Gasteiger partial charge is 0.303 e. The van der Waals surface area contributed by atoms with Gasteiger partial charge in [0.05, 0.1) is 36.6 Å². The van der Waals surface area contributed by atoms with E-state index in [1.807, 2.05) is 22.6 Å². The van der Waals surface area contributed by atoms with Crippen LogP contribution in [0.3, 0.4) is 0 Å². The fourth-order valence-electron chi connectivity index (χ4n) is 4.23. The number of hydrogen-bond donors (Lipinski definition) is 3. The van der Waals surface area contributed by atoms with Crippen molar-refractivity contribution in [2.45, 2.75) is 19.4 Å². The number of benzene rings is 3. The molecule has 0 aromatic heterocycles. The monoisotopic (exact) mass is 652 g/mol. The Morgan fingerprint density at radius 1 is 0.974 bits per heavy atom. The first-order chi connectivity index (χ1) is 18.5. The highest BCUT2D eigenvalue weighted by atomic mass is 127. The minimum atomic E-state index is -1.33. The number of rotatable bonds is 8. The van der Waals surface area contributed by atoms with E-state index in [1.165, 1.54) is 30.9 Å². The second-order valence-electron chi connectivity index (χ2n) is 9.09. The largest absolute Gasteiger partial charge is 0.454 e. The lowest BCUT2D eigenvalue weighted by atomic mass is 9.92. The normalized spacial score (nSPS) is 13.7. The van der Waals surface area contributed by atoms with Gasteiger partial charge in [-0.05, 0) is 71.1 Å². The zero-order chi connectivity index (χ0) is 28.3. The second-order valence-corrected chi connectivity index (χ2v) is 10.3. The van der Waals surface area contributed by atoms with Crippen molar-refractivity contribution in [1.82, 2.24) is 4.90 Å². The van der Waals surface area contributed by atoms with Crippen LogP contribution in [0.2, 0.25) is 0 Å². The van der Waals surface area contributed by atoms with Crippen molar-refractivity contribution in [2.24, 2.45) is 0 Å². The highest BCUT2D eigenvalue weighted by Gasteiger charge is 2.48. The van der Waals surface area contributed by atoms with Crippen LogP contribution in [0, 0.1) is 21.0 Å². The number of ether oxygens (including phenoxy) is 1. The average molecular weight is 652 g/mol. The summed E-state index contributed by atoms with van der Waals surface area (Å²) in [5, 5.41) is 8.33. The van der Waals surface area contributed by atoms with Gasteiger partial charge in [0, 0.05) is 28.8 Å². The average Bonchev–Trinajstić information content (AvgIpc) is 2.84. The maximum Gasteiger partial charge on any atom is 0.303 e. The molecule has 39 heavy (non-hydrogen) atoms. The van der Waals surface area contributed by atoms with E-state index in [9.17, 15) is 27.6 Å². The molecule has 204 valence electrons. The number of carbonyl (C=O) groups excluding carboxylic acids is 3. The lowest BCUT2D eigenvalue weighted by Crippen LogP contribution is -2.68. The summed E-state index contributed by atoms with van der Waals surface area (Å²) in [5.74, 6) is -4.67. The second kappa shape index (κ2) is 11.5. The Morgan fingerprint density at radius 2 is 1.69 bits per heavy atom. The molecule has 0 spiro atoms. The van der Waals surface area contributed by atoms with Gasteiger partial charge in [-0.25, -0.2) is 13.2 Å². The molecule has 0 bridgehead atoms. The lowest BCUT2D eigenvalue weighted by molar-refractivity contribution is -0.170. The summed E-state index contributed by atoms with van der Waals surface area (Å²) in [5.41, 5.74) is -0.707. The highest BCUT2D eigenvalue weighted by Crippen LogP contribution is 2.33. The van der Waals surface area contributed by atoms with E-state index in [0.717, 1.165) is 12.1 Å². The Kier molecular flexibility index (Phi) is 8.33. The van der Waals surface area contributed by atoms with E-state index in [-0.39, 0.29) is 36.8 Å². The van der Waals surface area contributed by atoms with Crippen molar-refractivity contribution in [2.75, 3.05) is 35.6 Å². The lowest BCUT2D eigenvalue weighted by Gasteiger charge is -2.49. The van der Waals surface area contributed by atoms with Gasteiger partial charge in [0.15, 0.2) is 17.2 Å². The van der Waals surface area contributed by atoms with E-state index < -0.39 is 40.6 Å². The fourth-order valence-corrected chi connectivity index (χ4v) is 4.68. The molecule has 4 rings (SSSR count). The van der Waals surface area contributed by atoms with Crippen LogP contribution in [0.1, 0.15) is 24.2 Å². The van der Waals surface area contributed by atoms with Crippen molar-refractivity contribution in [1.29, 1.82) is 0 Å². The molecule has 1 saturated heterocycles. The molecule has 2 amide bonds. The number of nitrogens with one attached hydrogen (secondary N) is 3. The zero-order valence-corrected chi connectivity index (χ0v) is 23.1. The van der Waals surface area contributed by atoms with Crippen LogP contribution in [0.5, 0.6) is 0 Å². The molecule has 0 aliphatic carbocycles. The quantitative estimate of drug-likeness (QED) is 0.226. The van der Waals surface area contributed by atoms with Crippen molar-refractivity contribution >= 4 is 63.1 Å². The Morgan fingerprint density at radius 3 is 2.36 bits per heavy atom. The van der Waals surface area contributed by atoms with E-state index >= 15 is 0 Å². The topological polar surface area (TPSA) is 99.8 Å². The van der Waals surface area contributed by atoms with Crippen molar-refractivity contribution < 1.29 is 32.3 Å². The summed E-state index contributed by atoms with van der Waals surface area (Å²) >= 11 is 1.91. The SMILES string of the molecule is CC(=O)Nc1cccc(NCC2(OC(C)=O)CN(C(=O)c3ccc(F)c(F)c3Nc3ccc(I)cc3F)C2)c1. The highest BCUT2D eigenvalue weighted by molar-refractivity contribution is 14.1. The van der Waals surface area contributed by atoms with Gasteiger partial charge < -0.3 is 25.6 Å². The predicted octanol–water partition coefficient (Wildman–Crippen LogP) is 5.28. The van der Waals surface area contributed by atoms with Crippen molar-refractivity contribution in [3.8, 4) is 0 Å². The molecule has 1 fully saturated rings. The Balaban J connectivity index is 1.52. The van der Waals surface area contributed by atoms with Crippen LogP contribution in [0.25, 0.3) is 0 Å². The van der Waals surface area contributed by atoms with Crippen LogP contribution in [-0.4, -0.2) is 47.9 Å². The number of carbonyl (C=O) groups is 3. The van der Waals surface area contributed by atoms with Gasteiger partial charge >= 0.3 is 5.97 Å². The van der Waals surface area contributed by atoms with Gasteiger partial charge in [-0.2, -0.15) is 0 Å².